The fourth-order valence-corrected chi connectivity index (χ4v) is 1.84. The predicted molar refractivity (Wildman–Crippen MR) is 72.3 cm³/mol. The average molecular weight is 274 g/mol. The highest BCUT2D eigenvalue weighted by molar-refractivity contribution is 5.94. The minimum atomic E-state index is -0.500. The quantitative estimate of drug-likeness (QED) is 0.656. The maximum absolute atomic E-state index is 11.9. The molecule has 2 N–H and O–H groups in total. The largest absolute Gasteiger partial charge is 0.348 e. The molecule has 1 aromatic carbocycles. The van der Waals surface area contributed by atoms with Gasteiger partial charge in [0.2, 0.25) is 0 Å². The number of aromatic amines is 1. The van der Waals surface area contributed by atoms with Crippen molar-refractivity contribution in [2.75, 3.05) is 0 Å². The van der Waals surface area contributed by atoms with Crippen LogP contribution in [0.15, 0.2) is 24.3 Å². The third-order valence-corrected chi connectivity index (χ3v) is 3.05. The van der Waals surface area contributed by atoms with Crippen LogP contribution < -0.4 is 5.32 Å². The first-order valence-corrected chi connectivity index (χ1v) is 6.02. The van der Waals surface area contributed by atoms with Gasteiger partial charge in [0.1, 0.15) is 0 Å². The molecule has 0 fully saturated rings. The molecule has 0 bridgehead atoms. The van der Waals surface area contributed by atoms with Crippen molar-refractivity contribution < 1.29 is 9.72 Å². The molecule has 104 valence electrons. The predicted octanol–water partition coefficient (Wildman–Crippen LogP) is 1.86. The maximum atomic E-state index is 11.9. The van der Waals surface area contributed by atoms with Crippen molar-refractivity contribution in [3.05, 3.63) is 56.9 Å². The summed E-state index contributed by atoms with van der Waals surface area (Å²) in [6.45, 7) is 4.11. The van der Waals surface area contributed by atoms with Gasteiger partial charge in [-0.15, -0.1) is 0 Å². The van der Waals surface area contributed by atoms with E-state index in [1.165, 1.54) is 24.3 Å². The summed E-state index contributed by atoms with van der Waals surface area (Å²) in [4.78, 5) is 22.0. The number of rotatable bonds is 4. The molecule has 2 rings (SSSR count). The van der Waals surface area contributed by atoms with Crippen LogP contribution >= 0.6 is 0 Å². The number of benzene rings is 1. The lowest BCUT2D eigenvalue weighted by atomic mass is 10.1. The van der Waals surface area contributed by atoms with Crippen LogP contribution in [0, 0.1) is 24.0 Å². The third kappa shape index (κ3) is 2.82. The van der Waals surface area contributed by atoms with E-state index in [4.69, 9.17) is 0 Å². The van der Waals surface area contributed by atoms with E-state index in [1.54, 1.807) is 0 Å². The van der Waals surface area contributed by atoms with Crippen LogP contribution in [-0.2, 0) is 6.54 Å². The number of aromatic nitrogens is 2. The maximum Gasteiger partial charge on any atom is 0.269 e. The molecule has 0 atom stereocenters. The van der Waals surface area contributed by atoms with Gasteiger partial charge in [-0.2, -0.15) is 5.10 Å². The number of nitrogens with one attached hydrogen (secondary N) is 2. The van der Waals surface area contributed by atoms with Crippen LogP contribution in [0.3, 0.4) is 0 Å². The fraction of sp³-hybridized carbons (Fsp3) is 0.231. The fourth-order valence-electron chi connectivity index (χ4n) is 1.84. The smallest absolute Gasteiger partial charge is 0.269 e. The second-order valence-corrected chi connectivity index (χ2v) is 4.40. The second-order valence-electron chi connectivity index (χ2n) is 4.40. The van der Waals surface area contributed by atoms with E-state index in [0.29, 0.717) is 12.1 Å². The van der Waals surface area contributed by atoms with Crippen molar-refractivity contribution in [3.63, 3.8) is 0 Å². The van der Waals surface area contributed by atoms with E-state index in [2.05, 4.69) is 15.5 Å². The highest BCUT2D eigenvalue weighted by Crippen LogP contribution is 2.13. The molecule has 0 saturated carbocycles. The van der Waals surface area contributed by atoms with Gasteiger partial charge in [0.25, 0.3) is 11.6 Å². The van der Waals surface area contributed by atoms with Crippen molar-refractivity contribution in [3.8, 4) is 0 Å². The number of H-pyrrole nitrogens is 1. The van der Waals surface area contributed by atoms with Crippen molar-refractivity contribution in [2.24, 2.45) is 0 Å². The van der Waals surface area contributed by atoms with Crippen LogP contribution in [0.5, 0.6) is 0 Å². The Balaban J connectivity index is 2.03. The Morgan fingerprint density at radius 1 is 1.35 bits per heavy atom. The molecular weight excluding hydrogens is 260 g/mol. The summed E-state index contributed by atoms with van der Waals surface area (Å²) in [5.74, 6) is -0.278. The Bertz CT molecular complexity index is 627. The highest BCUT2D eigenvalue weighted by atomic mass is 16.6. The molecular formula is C13H14N4O3. The van der Waals surface area contributed by atoms with E-state index in [9.17, 15) is 14.9 Å². The summed E-state index contributed by atoms with van der Waals surface area (Å²) >= 11 is 0. The van der Waals surface area contributed by atoms with E-state index >= 15 is 0 Å². The number of nitrogens with zero attached hydrogens (tertiary/aromatic N) is 2. The van der Waals surface area contributed by atoms with E-state index in [0.717, 1.165) is 17.0 Å². The van der Waals surface area contributed by atoms with Crippen LogP contribution in [-0.4, -0.2) is 21.0 Å². The third-order valence-electron chi connectivity index (χ3n) is 3.05. The normalized spacial score (nSPS) is 10.3. The summed E-state index contributed by atoms with van der Waals surface area (Å²) in [5, 5.41) is 20.2. The number of hydrogen-bond donors (Lipinski definition) is 2. The lowest BCUT2D eigenvalue weighted by molar-refractivity contribution is -0.384. The minimum Gasteiger partial charge on any atom is -0.348 e. The molecule has 1 heterocycles. The van der Waals surface area contributed by atoms with Gasteiger partial charge in [0.15, 0.2) is 0 Å². The monoisotopic (exact) mass is 274 g/mol. The zero-order valence-corrected chi connectivity index (χ0v) is 11.1. The number of carbonyl (C=O) groups excluding carboxylic acids is 1. The highest BCUT2D eigenvalue weighted by Gasteiger charge is 2.11. The molecule has 0 unspecified atom stereocenters. The lowest BCUT2D eigenvalue weighted by Crippen LogP contribution is -2.23. The van der Waals surface area contributed by atoms with Crippen molar-refractivity contribution in [1.29, 1.82) is 0 Å². The van der Waals surface area contributed by atoms with E-state index < -0.39 is 4.92 Å². The molecule has 0 aliphatic heterocycles. The summed E-state index contributed by atoms with van der Waals surface area (Å²) in [6.07, 6.45) is 0. The molecule has 1 aromatic heterocycles. The van der Waals surface area contributed by atoms with Crippen LogP contribution in [0.4, 0.5) is 5.69 Å². The molecule has 1 amide bonds. The molecule has 0 aliphatic carbocycles. The molecule has 20 heavy (non-hydrogen) atoms. The molecule has 0 radical (unpaired) electrons. The molecule has 7 heteroatoms. The lowest BCUT2D eigenvalue weighted by Gasteiger charge is -2.05. The molecule has 7 nitrogen and oxygen atoms in total. The zero-order chi connectivity index (χ0) is 14.7. The molecule has 0 spiro atoms. The van der Waals surface area contributed by atoms with Gasteiger partial charge in [0.05, 0.1) is 10.6 Å². The van der Waals surface area contributed by atoms with Crippen LogP contribution in [0.2, 0.25) is 0 Å². The van der Waals surface area contributed by atoms with Gasteiger partial charge in [-0.1, -0.05) is 0 Å². The summed E-state index contributed by atoms with van der Waals surface area (Å²) in [6, 6.07) is 5.48. The number of amides is 1. The van der Waals surface area contributed by atoms with Crippen LogP contribution in [0.25, 0.3) is 0 Å². The first-order chi connectivity index (χ1) is 9.49. The summed E-state index contributed by atoms with van der Waals surface area (Å²) in [5.41, 5.74) is 3.04. The average Bonchev–Trinajstić information content (AvgIpc) is 2.75. The first-order valence-electron chi connectivity index (χ1n) is 6.02. The number of nitro benzene ring substituents is 1. The number of nitro groups is 1. The Labute approximate surface area is 115 Å². The SMILES string of the molecule is Cc1n[nH]c(C)c1CNC(=O)c1ccc([N+](=O)[O-])cc1. The van der Waals surface area contributed by atoms with Gasteiger partial charge >= 0.3 is 0 Å². The van der Waals surface area contributed by atoms with Crippen molar-refractivity contribution in [2.45, 2.75) is 20.4 Å². The van der Waals surface area contributed by atoms with Gasteiger partial charge < -0.3 is 5.32 Å². The van der Waals surface area contributed by atoms with E-state index in [-0.39, 0.29) is 11.6 Å². The molecule has 0 aliphatic rings. The van der Waals surface area contributed by atoms with Gasteiger partial charge in [-0.25, -0.2) is 0 Å². The van der Waals surface area contributed by atoms with Gasteiger partial charge in [-0.3, -0.25) is 20.0 Å². The summed E-state index contributed by atoms with van der Waals surface area (Å²) in [7, 11) is 0. The minimum absolute atomic E-state index is 0.0388. The molecule has 0 saturated heterocycles. The number of non-ortho nitro benzene ring substituents is 1. The van der Waals surface area contributed by atoms with Crippen molar-refractivity contribution in [1.82, 2.24) is 15.5 Å². The standard InChI is InChI=1S/C13H14N4O3/c1-8-12(9(2)16-15-8)7-14-13(18)10-3-5-11(6-4-10)17(19)20/h3-6H,7H2,1-2H3,(H,14,18)(H,15,16). The zero-order valence-electron chi connectivity index (χ0n) is 11.1. The number of carbonyl (C=O) groups is 1. The first kappa shape index (κ1) is 13.7. The summed E-state index contributed by atoms with van der Waals surface area (Å²) < 4.78 is 0. The topological polar surface area (TPSA) is 101 Å². The Hall–Kier alpha value is -2.70. The molecule has 2 aromatic rings. The number of aryl methyl sites for hydroxylation is 2. The number of hydrogen-bond acceptors (Lipinski definition) is 4. The van der Waals surface area contributed by atoms with E-state index in [1.807, 2.05) is 13.8 Å². The Kier molecular flexibility index (Phi) is 3.79. The van der Waals surface area contributed by atoms with Crippen LogP contribution in [0.1, 0.15) is 27.3 Å². The Morgan fingerprint density at radius 3 is 2.50 bits per heavy atom. The van der Waals surface area contributed by atoms with Gasteiger partial charge in [-0.05, 0) is 26.0 Å². The van der Waals surface area contributed by atoms with Gasteiger partial charge in [0, 0.05) is 35.5 Å². The van der Waals surface area contributed by atoms with Crippen molar-refractivity contribution >= 4 is 11.6 Å². The second kappa shape index (κ2) is 5.52. The Morgan fingerprint density at radius 2 is 2.00 bits per heavy atom.